The predicted octanol–water partition coefficient (Wildman–Crippen LogP) is 2.27. The second kappa shape index (κ2) is 5.54. The van der Waals surface area contributed by atoms with E-state index in [1.54, 1.807) is 0 Å². The minimum Gasteiger partial charge on any atom is -0.399 e. The van der Waals surface area contributed by atoms with Gasteiger partial charge < -0.3 is 10.6 Å². The summed E-state index contributed by atoms with van der Waals surface area (Å²) >= 11 is 0. The van der Waals surface area contributed by atoms with Crippen LogP contribution in [0.1, 0.15) is 26.3 Å². The molecule has 0 heterocycles. The summed E-state index contributed by atoms with van der Waals surface area (Å²) in [7, 11) is 0. The maximum atomic E-state index is 11.8. The van der Waals surface area contributed by atoms with Gasteiger partial charge in [-0.05, 0) is 24.6 Å². The number of carbonyl (C=O) groups is 1. The first-order chi connectivity index (χ1) is 7.54. The van der Waals surface area contributed by atoms with E-state index in [-0.39, 0.29) is 11.8 Å². The molecule has 3 heteroatoms. The Morgan fingerprint density at radius 3 is 2.31 bits per heavy atom. The third kappa shape index (κ3) is 3.26. The number of carbonyl (C=O) groups excluding carboxylic acids is 1. The van der Waals surface area contributed by atoms with Crippen LogP contribution in [0.25, 0.3) is 0 Å². The van der Waals surface area contributed by atoms with Crippen LogP contribution in [-0.4, -0.2) is 17.4 Å². The maximum Gasteiger partial charge on any atom is 0.225 e. The number of nitrogens with two attached hydrogens (primary N) is 1. The van der Waals surface area contributed by atoms with Crippen molar-refractivity contribution in [3.63, 3.8) is 0 Å². The Morgan fingerprint density at radius 1 is 1.31 bits per heavy atom. The van der Waals surface area contributed by atoms with Crippen molar-refractivity contribution in [1.82, 2.24) is 4.90 Å². The molecule has 3 nitrogen and oxygen atoms in total. The molecule has 0 saturated heterocycles. The molecule has 0 spiro atoms. The van der Waals surface area contributed by atoms with Gasteiger partial charge in [-0.25, -0.2) is 0 Å². The molecular formula is C13H20N2O. The molecule has 0 unspecified atom stereocenters. The largest absolute Gasteiger partial charge is 0.399 e. The van der Waals surface area contributed by atoms with E-state index in [0.29, 0.717) is 6.54 Å². The van der Waals surface area contributed by atoms with Crippen LogP contribution < -0.4 is 5.73 Å². The number of rotatable bonds is 4. The van der Waals surface area contributed by atoms with Crippen molar-refractivity contribution in [3.05, 3.63) is 29.8 Å². The summed E-state index contributed by atoms with van der Waals surface area (Å²) in [6.07, 6.45) is 0. The predicted molar refractivity (Wildman–Crippen MR) is 66.8 cm³/mol. The summed E-state index contributed by atoms with van der Waals surface area (Å²) in [6, 6.07) is 7.66. The van der Waals surface area contributed by atoms with E-state index >= 15 is 0 Å². The van der Waals surface area contributed by atoms with Crippen LogP contribution in [0.15, 0.2) is 24.3 Å². The van der Waals surface area contributed by atoms with E-state index in [9.17, 15) is 4.79 Å². The zero-order valence-corrected chi connectivity index (χ0v) is 10.2. The quantitative estimate of drug-likeness (QED) is 0.791. The molecule has 1 aromatic carbocycles. The average Bonchev–Trinajstić information content (AvgIpc) is 2.27. The summed E-state index contributed by atoms with van der Waals surface area (Å²) in [5.41, 5.74) is 7.49. The first-order valence-electron chi connectivity index (χ1n) is 5.67. The molecule has 0 aliphatic heterocycles. The van der Waals surface area contributed by atoms with E-state index in [4.69, 9.17) is 5.73 Å². The summed E-state index contributed by atoms with van der Waals surface area (Å²) in [4.78, 5) is 13.7. The molecule has 0 bridgehead atoms. The maximum absolute atomic E-state index is 11.8. The fourth-order valence-electron chi connectivity index (χ4n) is 1.55. The molecule has 2 N–H and O–H groups in total. The Hall–Kier alpha value is -1.51. The third-order valence-electron chi connectivity index (χ3n) is 2.54. The van der Waals surface area contributed by atoms with E-state index in [1.807, 2.05) is 49.9 Å². The Bertz CT molecular complexity index is 343. The second-order valence-corrected chi connectivity index (χ2v) is 4.25. The highest BCUT2D eigenvalue weighted by atomic mass is 16.2. The van der Waals surface area contributed by atoms with Crippen molar-refractivity contribution in [3.8, 4) is 0 Å². The highest BCUT2D eigenvalue weighted by molar-refractivity contribution is 5.78. The molecular weight excluding hydrogens is 200 g/mol. The van der Waals surface area contributed by atoms with Gasteiger partial charge in [0.25, 0.3) is 0 Å². The van der Waals surface area contributed by atoms with Gasteiger partial charge in [-0.15, -0.1) is 0 Å². The van der Waals surface area contributed by atoms with Crippen molar-refractivity contribution >= 4 is 11.6 Å². The highest BCUT2D eigenvalue weighted by Gasteiger charge is 2.15. The standard InChI is InChI=1S/C13H20N2O/c1-4-15(13(16)10(2)3)9-11-5-7-12(14)8-6-11/h5-8,10H,4,9,14H2,1-3H3. The van der Waals surface area contributed by atoms with Crippen molar-refractivity contribution in [2.75, 3.05) is 12.3 Å². The number of hydrogen-bond donors (Lipinski definition) is 1. The van der Waals surface area contributed by atoms with Crippen molar-refractivity contribution < 1.29 is 4.79 Å². The number of nitrogen functional groups attached to an aromatic ring is 1. The lowest BCUT2D eigenvalue weighted by atomic mass is 10.1. The van der Waals surface area contributed by atoms with Crippen molar-refractivity contribution in [2.24, 2.45) is 5.92 Å². The van der Waals surface area contributed by atoms with Crippen LogP contribution in [0.3, 0.4) is 0 Å². The number of hydrogen-bond acceptors (Lipinski definition) is 2. The molecule has 16 heavy (non-hydrogen) atoms. The molecule has 1 amide bonds. The van der Waals surface area contributed by atoms with Crippen LogP contribution in [-0.2, 0) is 11.3 Å². The smallest absolute Gasteiger partial charge is 0.225 e. The molecule has 88 valence electrons. The van der Waals surface area contributed by atoms with Crippen LogP contribution in [0.2, 0.25) is 0 Å². The minimum atomic E-state index is 0.0498. The topological polar surface area (TPSA) is 46.3 Å². The zero-order chi connectivity index (χ0) is 12.1. The fraction of sp³-hybridized carbons (Fsp3) is 0.462. The minimum absolute atomic E-state index is 0.0498. The van der Waals surface area contributed by atoms with Crippen molar-refractivity contribution in [2.45, 2.75) is 27.3 Å². The number of amides is 1. The summed E-state index contributed by atoms with van der Waals surface area (Å²) in [6.45, 7) is 7.24. The molecule has 0 aliphatic carbocycles. The van der Waals surface area contributed by atoms with E-state index < -0.39 is 0 Å². The van der Waals surface area contributed by atoms with Gasteiger partial charge in [0.1, 0.15) is 0 Å². The van der Waals surface area contributed by atoms with Crippen LogP contribution >= 0.6 is 0 Å². The lowest BCUT2D eigenvalue weighted by Gasteiger charge is -2.23. The van der Waals surface area contributed by atoms with E-state index in [2.05, 4.69) is 0 Å². The van der Waals surface area contributed by atoms with Crippen molar-refractivity contribution in [1.29, 1.82) is 0 Å². The molecule has 0 radical (unpaired) electrons. The van der Waals surface area contributed by atoms with Gasteiger partial charge in [-0.3, -0.25) is 4.79 Å². The molecule has 0 fully saturated rings. The van der Waals surface area contributed by atoms with Gasteiger partial charge in [-0.1, -0.05) is 26.0 Å². The Morgan fingerprint density at radius 2 is 1.88 bits per heavy atom. The SMILES string of the molecule is CCN(Cc1ccc(N)cc1)C(=O)C(C)C. The first-order valence-corrected chi connectivity index (χ1v) is 5.67. The molecule has 0 aromatic heterocycles. The Balaban J connectivity index is 2.70. The zero-order valence-electron chi connectivity index (χ0n) is 10.2. The summed E-state index contributed by atoms with van der Waals surface area (Å²) in [5.74, 6) is 0.244. The van der Waals surface area contributed by atoms with Crippen LogP contribution in [0.5, 0.6) is 0 Å². The van der Waals surface area contributed by atoms with Crippen LogP contribution in [0, 0.1) is 5.92 Å². The number of benzene rings is 1. The monoisotopic (exact) mass is 220 g/mol. The molecule has 0 saturated carbocycles. The first kappa shape index (κ1) is 12.6. The van der Waals surface area contributed by atoms with Gasteiger partial charge in [0.05, 0.1) is 0 Å². The molecule has 0 aliphatic rings. The molecule has 1 rings (SSSR count). The summed E-state index contributed by atoms with van der Waals surface area (Å²) < 4.78 is 0. The van der Waals surface area contributed by atoms with Crippen LogP contribution in [0.4, 0.5) is 5.69 Å². The average molecular weight is 220 g/mol. The fourth-order valence-corrected chi connectivity index (χ4v) is 1.55. The van der Waals surface area contributed by atoms with E-state index in [0.717, 1.165) is 17.8 Å². The van der Waals surface area contributed by atoms with Gasteiger partial charge >= 0.3 is 0 Å². The van der Waals surface area contributed by atoms with Gasteiger partial charge in [0, 0.05) is 24.7 Å². The van der Waals surface area contributed by atoms with Gasteiger partial charge in [0.15, 0.2) is 0 Å². The van der Waals surface area contributed by atoms with Gasteiger partial charge in [0.2, 0.25) is 5.91 Å². The van der Waals surface area contributed by atoms with E-state index in [1.165, 1.54) is 0 Å². The normalized spacial score (nSPS) is 10.5. The lowest BCUT2D eigenvalue weighted by molar-refractivity contribution is -0.134. The van der Waals surface area contributed by atoms with Gasteiger partial charge in [-0.2, -0.15) is 0 Å². The highest BCUT2D eigenvalue weighted by Crippen LogP contribution is 2.10. The Kier molecular flexibility index (Phi) is 4.35. The Labute approximate surface area is 97.2 Å². The molecule has 0 atom stereocenters. The summed E-state index contributed by atoms with van der Waals surface area (Å²) in [5, 5.41) is 0. The number of anilines is 1. The molecule has 1 aromatic rings. The second-order valence-electron chi connectivity index (χ2n) is 4.25. The lowest BCUT2D eigenvalue weighted by Crippen LogP contribution is -2.33. The number of nitrogens with zero attached hydrogens (tertiary/aromatic N) is 1. The third-order valence-corrected chi connectivity index (χ3v) is 2.54.